The van der Waals surface area contributed by atoms with E-state index in [9.17, 15) is 44.4 Å². The van der Waals surface area contributed by atoms with Crippen molar-refractivity contribution in [1.82, 2.24) is 5.32 Å². The fraction of sp³-hybridized carbons (Fsp3) is 0.614. The zero-order valence-corrected chi connectivity index (χ0v) is 35.8. The van der Waals surface area contributed by atoms with Crippen LogP contribution in [0.5, 0.6) is 0 Å². The lowest BCUT2D eigenvalue weighted by Crippen LogP contribution is -2.46. The first-order valence-electron chi connectivity index (χ1n) is 19.9. The number of allylic oxidation sites excluding steroid dienone is 7. The molecule has 11 atom stereocenters. The van der Waals surface area contributed by atoms with Gasteiger partial charge in [0, 0.05) is 62.2 Å². The molecule has 0 aromatic rings. The quantitative estimate of drug-likeness (QED) is 0.110. The molecule has 0 bridgehead atoms. The van der Waals surface area contributed by atoms with E-state index in [1.165, 1.54) is 27.2 Å². The van der Waals surface area contributed by atoms with E-state index in [0.717, 1.165) is 17.7 Å². The van der Waals surface area contributed by atoms with Crippen molar-refractivity contribution in [1.29, 1.82) is 0 Å². The van der Waals surface area contributed by atoms with E-state index < -0.39 is 90.2 Å². The molecule has 58 heavy (non-hydrogen) atoms. The van der Waals surface area contributed by atoms with Crippen LogP contribution in [-0.2, 0) is 42.9 Å². The first kappa shape index (κ1) is 49.8. The Hall–Kier alpha value is -4.37. The van der Waals surface area contributed by atoms with E-state index in [0.29, 0.717) is 12.0 Å². The van der Waals surface area contributed by atoms with Crippen molar-refractivity contribution >= 4 is 29.4 Å². The molecular formula is C44H65NO13. The Bertz CT molecular complexity index is 1650. The highest BCUT2D eigenvalue weighted by molar-refractivity contribution is 6.04. The second-order valence-electron chi connectivity index (χ2n) is 16.1. The van der Waals surface area contributed by atoms with Gasteiger partial charge < -0.3 is 44.7 Å². The van der Waals surface area contributed by atoms with Gasteiger partial charge >= 0.3 is 11.9 Å². The minimum absolute atomic E-state index is 0.0492. The lowest BCUT2D eigenvalue weighted by molar-refractivity contribution is -0.162. The van der Waals surface area contributed by atoms with Crippen molar-refractivity contribution in [3.8, 4) is 0 Å². The normalized spacial score (nSPS) is 29.1. The summed E-state index contributed by atoms with van der Waals surface area (Å²) >= 11 is 0. The van der Waals surface area contributed by atoms with E-state index in [1.807, 2.05) is 32.9 Å². The highest BCUT2D eigenvalue weighted by atomic mass is 16.6. The van der Waals surface area contributed by atoms with Crippen LogP contribution in [0.2, 0.25) is 0 Å². The van der Waals surface area contributed by atoms with E-state index in [2.05, 4.69) is 5.32 Å². The Labute approximate surface area is 342 Å². The Morgan fingerprint density at radius 3 is 2.22 bits per heavy atom. The minimum atomic E-state index is -1.41. The van der Waals surface area contributed by atoms with Gasteiger partial charge in [0.05, 0.1) is 25.4 Å². The molecule has 2 rings (SSSR count). The Morgan fingerprint density at radius 2 is 1.66 bits per heavy atom. The number of Topliss-reactive ketones (excluding diaryl/α,β-unsaturated/α-hetero) is 2. The molecule has 1 heterocycles. The van der Waals surface area contributed by atoms with Gasteiger partial charge in [0.1, 0.15) is 35.6 Å². The van der Waals surface area contributed by atoms with Crippen molar-refractivity contribution in [2.75, 3.05) is 14.2 Å². The molecule has 0 saturated heterocycles. The number of aliphatic hydroxyl groups is 4. The van der Waals surface area contributed by atoms with Gasteiger partial charge in [-0.3, -0.25) is 14.4 Å². The Balaban J connectivity index is 2.41. The summed E-state index contributed by atoms with van der Waals surface area (Å²) in [6, 6.07) is 0. The first-order chi connectivity index (χ1) is 27.1. The summed E-state index contributed by atoms with van der Waals surface area (Å²) in [5.74, 6) is -7.39. The lowest BCUT2D eigenvalue weighted by atomic mass is 9.81. The summed E-state index contributed by atoms with van der Waals surface area (Å²) in [7, 11) is 2.74. The molecule has 0 spiro atoms. The summed E-state index contributed by atoms with van der Waals surface area (Å²) in [5.41, 5.74) is 1.41. The van der Waals surface area contributed by atoms with Gasteiger partial charge in [0.2, 0.25) is 11.7 Å². The summed E-state index contributed by atoms with van der Waals surface area (Å²) in [5, 5.41) is 45.7. The molecule has 0 aromatic heterocycles. The zero-order chi connectivity index (χ0) is 44.0. The number of aliphatic hydroxyl groups excluding tert-OH is 4. The Kier molecular flexibility index (Phi) is 20.0. The van der Waals surface area contributed by atoms with Crippen LogP contribution in [-0.4, -0.2) is 101 Å². The molecule has 1 aliphatic heterocycles. The number of hydrogen-bond donors (Lipinski definition) is 5. The summed E-state index contributed by atoms with van der Waals surface area (Å²) in [6.45, 7) is 15.8. The summed E-state index contributed by atoms with van der Waals surface area (Å²) < 4.78 is 22.8. The second kappa shape index (κ2) is 23.3. The van der Waals surface area contributed by atoms with E-state index in [-0.39, 0.29) is 47.8 Å². The predicted molar refractivity (Wildman–Crippen MR) is 216 cm³/mol. The van der Waals surface area contributed by atoms with Crippen LogP contribution in [0.15, 0.2) is 70.9 Å². The minimum Gasteiger partial charge on any atom is -0.510 e. The van der Waals surface area contributed by atoms with Gasteiger partial charge in [-0.2, -0.15) is 0 Å². The maximum absolute atomic E-state index is 13.9. The molecule has 5 N–H and O–H groups in total. The fourth-order valence-electron chi connectivity index (χ4n) is 7.16. The number of rotatable bonds is 15. The third-order valence-corrected chi connectivity index (χ3v) is 10.9. The molecule has 14 heteroatoms. The van der Waals surface area contributed by atoms with Gasteiger partial charge in [-0.1, -0.05) is 83.9 Å². The van der Waals surface area contributed by atoms with Gasteiger partial charge in [0.15, 0.2) is 5.78 Å². The zero-order valence-electron chi connectivity index (χ0n) is 35.8. The second-order valence-corrected chi connectivity index (χ2v) is 16.1. The SMILES string of the molecule is CO/C1=C\C(C)=C\[C@@H](C)[C@H](O)[C@H](C)C/C(C)=C/C=C/[C@@H](OC)[C@H]([C@H](C)[C@H](O)[C@@H](C)C(=O)C[C@H](OC(=O)/C=C/C(=O)NC2=C(O)CCC2=O)[C@H](C)[C@H](O)C(C)C)OC1=O. The predicted octanol–water partition coefficient (Wildman–Crippen LogP) is 4.89. The molecule has 0 aromatic carbocycles. The average Bonchev–Trinajstić information content (AvgIpc) is 3.49. The number of carbonyl (C=O) groups excluding carboxylic acids is 5. The molecule has 2 aliphatic rings. The number of nitrogens with one attached hydrogen (secondary N) is 1. The number of methoxy groups -OCH3 is 2. The van der Waals surface area contributed by atoms with Gasteiger partial charge in [-0.25, -0.2) is 9.59 Å². The lowest BCUT2D eigenvalue weighted by Gasteiger charge is -2.34. The highest BCUT2D eigenvalue weighted by Gasteiger charge is 2.40. The Morgan fingerprint density at radius 1 is 1.00 bits per heavy atom. The fourth-order valence-corrected chi connectivity index (χ4v) is 7.16. The van der Waals surface area contributed by atoms with Gasteiger partial charge in [0.25, 0.3) is 0 Å². The van der Waals surface area contributed by atoms with Crippen LogP contribution < -0.4 is 5.32 Å². The number of ether oxygens (including phenoxy) is 4. The average molecular weight is 816 g/mol. The van der Waals surface area contributed by atoms with Crippen LogP contribution in [0.25, 0.3) is 0 Å². The van der Waals surface area contributed by atoms with Crippen molar-refractivity contribution in [3.63, 3.8) is 0 Å². The maximum Gasteiger partial charge on any atom is 0.373 e. The first-order valence-corrected chi connectivity index (χ1v) is 19.9. The molecule has 1 amide bonds. The van der Waals surface area contributed by atoms with Crippen molar-refractivity contribution in [3.05, 3.63) is 70.9 Å². The monoisotopic (exact) mass is 815 g/mol. The molecule has 0 unspecified atom stereocenters. The molecule has 1 aliphatic carbocycles. The molecule has 324 valence electrons. The maximum atomic E-state index is 13.9. The third kappa shape index (κ3) is 14.5. The molecule has 14 nitrogen and oxygen atoms in total. The molecule has 0 saturated carbocycles. The topological polar surface area (TPSA) is 215 Å². The van der Waals surface area contributed by atoms with E-state index >= 15 is 0 Å². The molecule has 0 fully saturated rings. The van der Waals surface area contributed by atoms with E-state index in [1.54, 1.807) is 46.8 Å². The highest BCUT2D eigenvalue weighted by Crippen LogP contribution is 2.29. The summed E-state index contributed by atoms with van der Waals surface area (Å²) in [4.78, 5) is 64.7. The summed E-state index contributed by atoms with van der Waals surface area (Å²) in [6.07, 6.45) is 4.38. The van der Waals surface area contributed by atoms with Crippen LogP contribution in [0, 0.1) is 35.5 Å². The smallest absolute Gasteiger partial charge is 0.373 e. The number of hydrogen-bond acceptors (Lipinski definition) is 13. The molecule has 0 radical (unpaired) electrons. The van der Waals surface area contributed by atoms with Crippen LogP contribution >= 0.6 is 0 Å². The number of ketones is 2. The molecular weight excluding hydrogens is 750 g/mol. The van der Waals surface area contributed by atoms with Gasteiger partial charge in [-0.05, 0) is 38.2 Å². The van der Waals surface area contributed by atoms with Crippen molar-refractivity contribution in [2.45, 2.75) is 125 Å². The van der Waals surface area contributed by atoms with Crippen molar-refractivity contribution in [2.24, 2.45) is 35.5 Å². The number of esters is 2. The van der Waals surface area contributed by atoms with Gasteiger partial charge in [-0.15, -0.1) is 0 Å². The number of cyclic esters (lactones) is 1. The van der Waals surface area contributed by atoms with Crippen molar-refractivity contribution < 1.29 is 63.3 Å². The van der Waals surface area contributed by atoms with Crippen LogP contribution in [0.1, 0.15) is 88.0 Å². The standard InChI is InChI=1S/C44H65NO13/c1-23(2)40(51)29(8)35(57-38(50)18-17-37(49)45-39-31(46)15-16-32(39)47)22-33(48)28(7)42(53)30(9)43-34(55-10)14-12-13-24(3)19-26(5)41(52)27(6)20-25(4)21-36(56-11)44(54)58-43/h12-14,17-18,20-21,23,26-30,34-35,40-43,46,51-53H,15-16,19,22H2,1-11H3,(H,45,49)/b14-12+,18-17+,24-13+,25-20+,36-21-/t26-,27-,28+,29+,30-,34-,35+,40-,41-,42-,43+/m1/s1. The van der Waals surface area contributed by atoms with Crippen LogP contribution in [0.3, 0.4) is 0 Å². The number of carbonyl (C=O) groups is 5. The van der Waals surface area contributed by atoms with Crippen LogP contribution in [0.4, 0.5) is 0 Å². The van der Waals surface area contributed by atoms with E-state index in [4.69, 9.17) is 18.9 Å². The third-order valence-electron chi connectivity index (χ3n) is 10.9. The largest absolute Gasteiger partial charge is 0.510 e. The number of amides is 1.